The normalized spacial score (nSPS) is 16.4. The van der Waals surface area contributed by atoms with Gasteiger partial charge in [0.2, 0.25) is 5.91 Å². The van der Waals surface area contributed by atoms with E-state index in [0.717, 1.165) is 18.4 Å². The lowest BCUT2D eigenvalue weighted by molar-refractivity contribution is -0.117. The van der Waals surface area contributed by atoms with E-state index in [4.69, 9.17) is 0 Å². The number of phenolic OH excluding ortho intramolecular Hbond substituents is 1. The fourth-order valence-corrected chi connectivity index (χ4v) is 2.78. The van der Waals surface area contributed by atoms with E-state index < -0.39 is 0 Å². The van der Waals surface area contributed by atoms with E-state index >= 15 is 0 Å². The van der Waals surface area contributed by atoms with Gasteiger partial charge in [0.05, 0.1) is 5.69 Å². The fourth-order valence-electron chi connectivity index (χ4n) is 2.78. The zero-order valence-corrected chi connectivity index (χ0v) is 12.7. The van der Waals surface area contributed by atoms with Crippen molar-refractivity contribution in [2.24, 2.45) is 5.92 Å². The summed E-state index contributed by atoms with van der Waals surface area (Å²) in [7, 11) is 0. The average molecular weight is 275 g/mol. The largest absolute Gasteiger partial charge is 0.506 e. The maximum atomic E-state index is 12.1. The summed E-state index contributed by atoms with van der Waals surface area (Å²) in [5.41, 5.74) is 1.63. The molecule has 0 heterocycles. The molecule has 0 radical (unpaired) electrons. The van der Waals surface area contributed by atoms with Gasteiger partial charge in [0.25, 0.3) is 0 Å². The average Bonchev–Trinajstić information content (AvgIpc) is 2.83. The van der Waals surface area contributed by atoms with Gasteiger partial charge in [0, 0.05) is 6.42 Å². The Morgan fingerprint density at radius 1 is 1.30 bits per heavy atom. The van der Waals surface area contributed by atoms with E-state index in [1.807, 2.05) is 12.1 Å². The number of carbonyl (C=O) groups is 1. The van der Waals surface area contributed by atoms with Crippen LogP contribution in [0.1, 0.15) is 58.4 Å². The molecule has 2 rings (SSSR count). The van der Waals surface area contributed by atoms with Crippen molar-refractivity contribution in [1.82, 2.24) is 0 Å². The highest BCUT2D eigenvalue weighted by Crippen LogP contribution is 2.32. The van der Waals surface area contributed by atoms with Crippen molar-refractivity contribution < 1.29 is 9.90 Å². The van der Waals surface area contributed by atoms with Crippen LogP contribution in [0, 0.1) is 5.92 Å². The summed E-state index contributed by atoms with van der Waals surface area (Å²) in [6, 6.07) is 5.44. The first kappa shape index (κ1) is 14.9. The Balaban J connectivity index is 2.06. The zero-order valence-electron chi connectivity index (χ0n) is 12.7. The maximum Gasteiger partial charge on any atom is 0.224 e. The third kappa shape index (κ3) is 3.75. The maximum absolute atomic E-state index is 12.1. The number of hydrogen-bond acceptors (Lipinski definition) is 2. The third-order valence-corrected chi connectivity index (χ3v) is 4.09. The minimum Gasteiger partial charge on any atom is -0.506 e. The van der Waals surface area contributed by atoms with Crippen LogP contribution in [0.5, 0.6) is 5.75 Å². The number of nitrogens with one attached hydrogen (secondary N) is 1. The number of rotatable bonds is 3. The molecule has 1 aromatic carbocycles. The second-order valence-electron chi connectivity index (χ2n) is 6.88. The van der Waals surface area contributed by atoms with Gasteiger partial charge >= 0.3 is 0 Å². The Bertz CT molecular complexity index is 482. The number of aromatic hydroxyl groups is 1. The Morgan fingerprint density at radius 2 is 1.95 bits per heavy atom. The van der Waals surface area contributed by atoms with Crippen molar-refractivity contribution in [1.29, 1.82) is 0 Å². The van der Waals surface area contributed by atoms with E-state index in [9.17, 15) is 9.90 Å². The Labute approximate surface area is 121 Å². The lowest BCUT2D eigenvalue weighted by Gasteiger charge is -2.20. The van der Waals surface area contributed by atoms with Gasteiger partial charge in [-0.3, -0.25) is 4.79 Å². The highest BCUT2D eigenvalue weighted by Gasteiger charge is 2.20. The SMILES string of the molecule is CC(C)(C)c1ccc(O)c(NC(=O)CC2CCCC2)c1. The molecule has 1 saturated carbocycles. The van der Waals surface area contributed by atoms with Gasteiger partial charge < -0.3 is 10.4 Å². The molecule has 1 amide bonds. The van der Waals surface area contributed by atoms with Crippen LogP contribution < -0.4 is 5.32 Å². The van der Waals surface area contributed by atoms with Crippen molar-refractivity contribution in [3.8, 4) is 5.75 Å². The van der Waals surface area contributed by atoms with Crippen molar-refractivity contribution in [3.63, 3.8) is 0 Å². The van der Waals surface area contributed by atoms with E-state index in [0.29, 0.717) is 18.0 Å². The van der Waals surface area contributed by atoms with E-state index in [1.54, 1.807) is 6.07 Å². The van der Waals surface area contributed by atoms with Crippen LogP contribution in [0.15, 0.2) is 18.2 Å². The van der Waals surface area contributed by atoms with Crippen LogP contribution in [0.4, 0.5) is 5.69 Å². The minimum absolute atomic E-state index is 0.00136. The molecule has 110 valence electrons. The summed E-state index contributed by atoms with van der Waals surface area (Å²) in [6.07, 6.45) is 5.35. The fraction of sp³-hybridized carbons (Fsp3) is 0.588. The molecular formula is C17H25NO2. The first-order valence-corrected chi connectivity index (χ1v) is 7.49. The monoisotopic (exact) mass is 275 g/mol. The zero-order chi connectivity index (χ0) is 14.8. The quantitative estimate of drug-likeness (QED) is 0.812. The van der Waals surface area contributed by atoms with E-state index in [2.05, 4.69) is 26.1 Å². The standard InChI is InChI=1S/C17H25NO2/c1-17(2,3)13-8-9-15(19)14(11-13)18-16(20)10-12-6-4-5-7-12/h8-9,11-12,19H,4-7,10H2,1-3H3,(H,18,20). The number of carbonyl (C=O) groups excluding carboxylic acids is 1. The summed E-state index contributed by atoms with van der Waals surface area (Å²) in [6.45, 7) is 6.34. The first-order valence-electron chi connectivity index (χ1n) is 7.49. The lowest BCUT2D eigenvalue weighted by atomic mass is 9.87. The van der Waals surface area contributed by atoms with Gasteiger partial charge in [-0.05, 0) is 41.9 Å². The molecule has 3 heteroatoms. The summed E-state index contributed by atoms with van der Waals surface area (Å²) >= 11 is 0. The molecule has 1 aliphatic carbocycles. The van der Waals surface area contributed by atoms with Crippen LogP contribution in [-0.4, -0.2) is 11.0 Å². The molecule has 1 aliphatic rings. The lowest BCUT2D eigenvalue weighted by Crippen LogP contribution is -2.16. The Hall–Kier alpha value is -1.51. The third-order valence-electron chi connectivity index (χ3n) is 4.09. The van der Waals surface area contributed by atoms with Crippen LogP contribution in [0.2, 0.25) is 0 Å². The molecule has 0 aromatic heterocycles. The van der Waals surface area contributed by atoms with Crippen LogP contribution >= 0.6 is 0 Å². The second-order valence-corrected chi connectivity index (χ2v) is 6.88. The van der Waals surface area contributed by atoms with Crippen molar-refractivity contribution in [3.05, 3.63) is 23.8 Å². The van der Waals surface area contributed by atoms with Crippen LogP contribution in [0.25, 0.3) is 0 Å². The van der Waals surface area contributed by atoms with Crippen molar-refractivity contribution >= 4 is 11.6 Å². The molecule has 1 fully saturated rings. The van der Waals surface area contributed by atoms with Crippen LogP contribution in [-0.2, 0) is 10.2 Å². The van der Waals surface area contributed by atoms with Crippen molar-refractivity contribution in [2.75, 3.05) is 5.32 Å². The first-order chi connectivity index (χ1) is 9.36. The minimum atomic E-state index is -0.00136. The molecule has 0 saturated heterocycles. The molecule has 1 aromatic rings. The molecule has 0 atom stereocenters. The summed E-state index contributed by atoms with van der Waals surface area (Å²) in [4.78, 5) is 12.1. The number of hydrogen-bond donors (Lipinski definition) is 2. The topological polar surface area (TPSA) is 49.3 Å². The summed E-state index contributed by atoms with van der Waals surface area (Å²) in [5, 5.41) is 12.8. The van der Waals surface area contributed by atoms with Gasteiger partial charge in [-0.2, -0.15) is 0 Å². The molecule has 0 bridgehead atoms. The van der Waals surface area contributed by atoms with Gasteiger partial charge in [0.1, 0.15) is 5.75 Å². The highest BCUT2D eigenvalue weighted by molar-refractivity contribution is 5.92. The van der Waals surface area contributed by atoms with E-state index in [1.165, 1.54) is 12.8 Å². The molecule has 0 spiro atoms. The van der Waals surface area contributed by atoms with Crippen LogP contribution in [0.3, 0.4) is 0 Å². The Kier molecular flexibility index (Phi) is 4.36. The number of phenols is 1. The van der Waals surface area contributed by atoms with Gasteiger partial charge in [-0.25, -0.2) is 0 Å². The van der Waals surface area contributed by atoms with Crippen molar-refractivity contribution in [2.45, 2.75) is 58.3 Å². The summed E-state index contributed by atoms with van der Waals surface area (Å²) in [5.74, 6) is 0.666. The number of anilines is 1. The number of benzene rings is 1. The van der Waals surface area contributed by atoms with Gasteiger partial charge in [-0.1, -0.05) is 39.7 Å². The predicted octanol–water partition coefficient (Wildman–Crippen LogP) is 4.21. The van der Waals surface area contributed by atoms with E-state index in [-0.39, 0.29) is 17.1 Å². The molecule has 20 heavy (non-hydrogen) atoms. The smallest absolute Gasteiger partial charge is 0.224 e. The van der Waals surface area contributed by atoms with Gasteiger partial charge in [-0.15, -0.1) is 0 Å². The molecule has 3 nitrogen and oxygen atoms in total. The molecule has 2 N–H and O–H groups in total. The second kappa shape index (κ2) is 5.86. The molecule has 0 aliphatic heterocycles. The molecular weight excluding hydrogens is 250 g/mol. The van der Waals surface area contributed by atoms with Gasteiger partial charge in [0.15, 0.2) is 0 Å². The predicted molar refractivity (Wildman–Crippen MR) is 82.0 cm³/mol. The summed E-state index contributed by atoms with van der Waals surface area (Å²) < 4.78 is 0. The number of amides is 1. The Morgan fingerprint density at radius 3 is 2.55 bits per heavy atom. The molecule has 0 unspecified atom stereocenters. The highest BCUT2D eigenvalue weighted by atomic mass is 16.3.